The minimum absolute atomic E-state index is 0.683. The third-order valence-electron chi connectivity index (χ3n) is 3.59. The molecule has 0 saturated carbocycles. The maximum atomic E-state index is 6.64. The predicted octanol–water partition coefficient (Wildman–Crippen LogP) is 6.55. The van der Waals surface area contributed by atoms with E-state index >= 15 is 0 Å². The van der Waals surface area contributed by atoms with E-state index in [9.17, 15) is 0 Å². The first-order valence-corrected chi connectivity index (χ1v) is 8.48. The Morgan fingerprint density at radius 3 is 2.61 bits per heavy atom. The van der Waals surface area contributed by atoms with Crippen molar-refractivity contribution in [3.8, 4) is 0 Å². The second-order valence-corrected chi connectivity index (χ2v) is 6.48. The summed E-state index contributed by atoms with van der Waals surface area (Å²) in [6, 6.07) is 16.1. The minimum Gasteiger partial charge on any atom is -0.248 e. The summed E-state index contributed by atoms with van der Waals surface area (Å²) < 4.78 is 0.992. The van der Waals surface area contributed by atoms with Crippen LogP contribution in [0.25, 0.3) is 23.1 Å². The number of rotatable bonds is 4. The molecule has 0 fully saturated rings. The summed E-state index contributed by atoms with van der Waals surface area (Å²) in [5, 5.41) is 1.69. The monoisotopic (exact) mass is 383 g/mol. The van der Waals surface area contributed by atoms with E-state index in [0.29, 0.717) is 6.42 Å². The van der Waals surface area contributed by atoms with Crippen LogP contribution in [0, 0.1) is 0 Å². The van der Waals surface area contributed by atoms with Crippen LogP contribution in [-0.4, -0.2) is 4.98 Å². The van der Waals surface area contributed by atoms with E-state index in [1.807, 2.05) is 48.6 Å². The van der Waals surface area contributed by atoms with E-state index in [-0.39, 0.29) is 0 Å². The molecule has 0 atom stereocenters. The molecule has 0 unspecified atom stereocenters. The molecule has 0 N–H and O–H groups in total. The molecule has 1 aromatic heterocycles. The van der Waals surface area contributed by atoms with Crippen LogP contribution in [0.1, 0.15) is 16.8 Å². The Hall–Kier alpha value is -1.90. The summed E-state index contributed by atoms with van der Waals surface area (Å²) in [5.41, 5.74) is 3.90. The van der Waals surface area contributed by atoms with Gasteiger partial charge in [0.15, 0.2) is 0 Å². The molecule has 114 valence electrons. The summed E-state index contributed by atoms with van der Waals surface area (Å²) in [6.07, 6.45) is 6.60. The highest BCUT2D eigenvalue weighted by Crippen LogP contribution is 2.31. The van der Waals surface area contributed by atoms with Crippen molar-refractivity contribution >= 4 is 50.6 Å². The van der Waals surface area contributed by atoms with E-state index in [0.717, 1.165) is 37.2 Å². The molecule has 2 aromatic carbocycles. The standard InChI is InChI=1S/C20H15BrClN/c1-2-6-16-18(11-9-14-7-4-3-5-8-14)23-19-12-10-15(21)13-17(19)20(16)22/h2-5,7-13H,1,6H2/b11-9+. The third kappa shape index (κ3) is 3.54. The molecule has 1 nitrogen and oxygen atoms in total. The van der Waals surface area contributed by atoms with E-state index in [1.54, 1.807) is 0 Å². The Morgan fingerprint density at radius 1 is 1.09 bits per heavy atom. The summed E-state index contributed by atoms with van der Waals surface area (Å²) >= 11 is 10.1. The highest BCUT2D eigenvalue weighted by molar-refractivity contribution is 9.10. The fourth-order valence-corrected chi connectivity index (χ4v) is 3.16. The van der Waals surface area contributed by atoms with Crippen molar-refractivity contribution in [3.05, 3.63) is 87.5 Å². The molecule has 0 aliphatic heterocycles. The van der Waals surface area contributed by atoms with Crippen LogP contribution in [0.15, 0.2) is 65.7 Å². The highest BCUT2D eigenvalue weighted by atomic mass is 79.9. The normalized spacial score (nSPS) is 11.2. The molecule has 23 heavy (non-hydrogen) atoms. The zero-order chi connectivity index (χ0) is 16.2. The van der Waals surface area contributed by atoms with Gasteiger partial charge >= 0.3 is 0 Å². The van der Waals surface area contributed by atoms with Gasteiger partial charge in [0.25, 0.3) is 0 Å². The second kappa shape index (κ2) is 7.12. The van der Waals surface area contributed by atoms with Gasteiger partial charge in [-0.25, -0.2) is 4.98 Å². The smallest absolute Gasteiger partial charge is 0.0725 e. The van der Waals surface area contributed by atoms with Gasteiger partial charge in [-0.15, -0.1) is 6.58 Å². The van der Waals surface area contributed by atoms with Crippen molar-refractivity contribution in [1.29, 1.82) is 0 Å². The number of hydrogen-bond acceptors (Lipinski definition) is 1. The SMILES string of the molecule is C=CCc1c(/C=C/c2ccccc2)nc2ccc(Br)cc2c1Cl. The molecule has 0 amide bonds. The molecule has 3 aromatic rings. The van der Waals surface area contributed by atoms with Crippen molar-refractivity contribution in [2.45, 2.75) is 6.42 Å². The van der Waals surface area contributed by atoms with Gasteiger partial charge in [0.1, 0.15) is 0 Å². The number of aromatic nitrogens is 1. The highest BCUT2D eigenvalue weighted by Gasteiger charge is 2.11. The lowest BCUT2D eigenvalue weighted by molar-refractivity contribution is 1.21. The van der Waals surface area contributed by atoms with Crippen LogP contribution in [0.3, 0.4) is 0 Å². The Morgan fingerprint density at radius 2 is 1.87 bits per heavy atom. The van der Waals surface area contributed by atoms with Gasteiger partial charge in [-0.3, -0.25) is 0 Å². The molecule has 1 heterocycles. The summed E-state index contributed by atoms with van der Waals surface area (Å²) in [5.74, 6) is 0. The number of pyridine rings is 1. The van der Waals surface area contributed by atoms with Crippen molar-refractivity contribution in [1.82, 2.24) is 4.98 Å². The van der Waals surface area contributed by atoms with Crippen molar-refractivity contribution < 1.29 is 0 Å². The van der Waals surface area contributed by atoms with Crippen molar-refractivity contribution in [2.75, 3.05) is 0 Å². The van der Waals surface area contributed by atoms with Gasteiger partial charge in [-0.05, 0) is 36.3 Å². The number of hydrogen-bond donors (Lipinski definition) is 0. The minimum atomic E-state index is 0.683. The fraction of sp³-hybridized carbons (Fsp3) is 0.0500. The van der Waals surface area contributed by atoms with Crippen LogP contribution in [0.2, 0.25) is 5.02 Å². The van der Waals surface area contributed by atoms with Gasteiger partial charge in [0, 0.05) is 15.4 Å². The average Bonchev–Trinajstić information content (AvgIpc) is 2.57. The molecular weight excluding hydrogens is 370 g/mol. The van der Waals surface area contributed by atoms with E-state index in [2.05, 4.69) is 40.7 Å². The van der Waals surface area contributed by atoms with Gasteiger partial charge in [0.2, 0.25) is 0 Å². The first-order chi connectivity index (χ1) is 11.2. The molecule has 0 aliphatic rings. The molecule has 0 saturated heterocycles. The number of fused-ring (bicyclic) bond motifs is 1. The predicted molar refractivity (Wildman–Crippen MR) is 104 cm³/mol. The van der Waals surface area contributed by atoms with Gasteiger partial charge in [0.05, 0.1) is 16.2 Å². The maximum absolute atomic E-state index is 6.64. The quantitative estimate of drug-likeness (QED) is 0.465. The van der Waals surface area contributed by atoms with Crippen molar-refractivity contribution in [3.63, 3.8) is 0 Å². The second-order valence-electron chi connectivity index (χ2n) is 5.19. The molecular formula is C20H15BrClN. The van der Waals surface area contributed by atoms with Crippen LogP contribution < -0.4 is 0 Å². The van der Waals surface area contributed by atoms with Crippen LogP contribution in [0.4, 0.5) is 0 Å². The lowest BCUT2D eigenvalue weighted by Crippen LogP contribution is -1.95. The Kier molecular flexibility index (Phi) is 4.94. The first-order valence-electron chi connectivity index (χ1n) is 7.30. The lowest BCUT2D eigenvalue weighted by atomic mass is 10.0. The van der Waals surface area contributed by atoms with Crippen molar-refractivity contribution in [2.24, 2.45) is 0 Å². The number of halogens is 2. The topological polar surface area (TPSA) is 12.9 Å². The van der Waals surface area contributed by atoms with E-state index in [1.165, 1.54) is 0 Å². The molecule has 3 heteroatoms. The summed E-state index contributed by atoms with van der Waals surface area (Å²) in [7, 11) is 0. The molecule has 0 aliphatic carbocycles. The molecule has 0 radical (unpaired) electrons. The first kappa shape index (κ1) is 16.0. The van der Waals surface area contributed by atoms with Crippen LogP contribution >= 0.6 is 27.5 Å². The Bertz CT molecular complexity index is 885. The van der Waals surface area contributed by atoms with Gasteiger partial charge < -0.3 is 0 Å². The van der Waals surface area contributed by atoms with Gasteiger partial charge in [-0.2, -0.15) is 0 Å². The fourth-order valence-electron chi connectivity index (χ4n) is 2.47. The Labute approximate surface area is 149 Å². The zero-order valence-corrected chi connectivity index (χ0v) is 14.8. The number of allylic oxidation sites excluding steroid dienone is 1. The Balaban J connectivity index is 2.14. The number of benzene rings is 2. The zero-order valence-electron chi connectivity index (χ0n) is 12.5. The lowest BCUT2D eigenvalue weighted by Gasteiger charge is -2.10. The molecule has 3 rings (SSSR count). The third-order valence-corrected chi connectivity index (χ3v) is 4.52. The largest absolute Gasteiger partial charge is 0.248 e. The summed E-state index contributed by atoms with van der Waals surface area (Å²) in [6.45, 7) is 3.83. The van der Waals surface area contributed by atoms with E-state index < -0.39 is 0 Å². The molecule has 0 spiro atoms. The average molecular weight is 385 g/mol. The van der Waals surface area contributed by atoms with Crippen LogP contribution in [0.5, 0.6) is 0 Å². The van der Waals surface area contributed by atoms with Crippen LogP contribution in [-0.2, 0) is 6.42 Å². The maximum Gasteiger partial charge on any atom is 0.0725 e. The van der Waals surface area contributed by atoms with Gasteiger partial charge in [-0.1, -0.05) is 70.0 Å². The molecule has 0 bridgehead atoms. The summed E-state index contributed by atoms with van der Waals surface area (Å²) in [4.78, 5) is 4.77. The number of nitrogens with zero attached hydrogens (tertiary/aromatic N) is 1. The van der Waals surface area contributed by atoms with E-state index in [4.69, 9.17) is 16.6 Å².